The molecule has 1 fully saturated rings. The van der Waals surface area contributed by atoms with Crippen molar-refractivity contribution in [2.45, 2.75) is 43.0 Å². The first-order valence-electron chi connectivity index (χ1n) is 12.7. The minimum Gasteiger partial charge on any atom is -0.480 e. The Balaban J connectivity index is 1.97. The van der Waals surface area contributed by atoms with E-state index < -0.39 is 17.9 Å². The van der Waals surface area contributed by atoms with Crippen LogP contribution >= 0.6 is 24.4 Å². The standard InChI is InChI=1S/C28H37N3O5S2/c1-36-12-10-26(32)31(18-21-15-23(37)17-29-21)22-9-8-20(14-19-6-4-3-5-7-19)24(16-22)27(33)30-25(28(34)35)11-13-38-2/h3-9,16,21,23,25,29,37H,10-15,17-18H2,1-2H3,(H,30,33)(H,34,35)/t21-,23-,25-/m0/s1. The molecule has 0 aliphatic carbocycles. The van der Waals surface area contributed by atoms with Gasteiger partial charge in [0.25, 0.3) is 5.91 Å². The van der Waals surface area contributed by atoms with E-state index in [1.54, 1.807) is 18.1 Å². The lowest BCUT2D eigenvalue weighted by atomic mass is 9.97. The van der Waals surface area contributed by atoms with Crippen molar-refractivity contribution in [3.05, 3.63) is 65.2 Å². The Morgan fingerprint density at radius 1 is 1.24 bits per heavy atom. The molecule has 3 rings (SSSR count). The van der Waals surface area contributed by atoms with Crippen LogP contribution in [0, 0.1) is 0 Å². The smallest absolute Gasteiger partial charge is 0.326 e. The molecule has 206 valence electrons. The number of aliphatic carboxylic acids is 1. The number of carboxylic acid groups (broad SMARTS) is 1. The Bertz CT molecular complexity index is 1090. The number of thioether (sulfide) groups is 1. The molecule has 1 saturated heterocycles. The number of amides is 2. The predicted octanol–water partition coefficient (Wildman–Crippen LogP) is 3.24. The molecule has 0 bridgehead atoms. The maximum absolute atomic E-state index is 13.5. The van der Waals surface area contributed by atoms with Crippen molar-refractivity contribution in [1.82, 2.24) is 10.6 Å². The summed E-state index contributed by atoms with van der Waals surface area (Å²) in [7, 11) is 1.55. The number of anilines is 1. The molecule has 0 saturated carbocycles. The summed E-state index contributed by atoms with van der Waals surface area (Å²) in [6, 6.07) is 14.3. The molecule has 8 nitrogen and oxygen atoms in total. The Labute approximate surface area is 234 Å². The highest BCUT2D eigenvalue weighted by Crippen LogP contribution is 2.25. The van der Waals surface area contributed by atoms with Crippen molar-refractivity contribution in [2.75, 3.05) is 43.7 Å². The average Bonchev–Trinajstić information content (AvgIpc) is 3.33. The fraction of sp³-hybridized carbons (Fsp3) is 0.464. The van der Waals surface area contributed by atoms with Gasteiger partial charge >= 0.3 is 5.97 Å². The summed E-state index contributed by atoms with van der Waals surface area (Å²) in [6.45, 7) is 1.49. The maximum atomic E-state index is 13.5. The van der Waals surface area contributed by atoms with Crippen molar-refractivity contribution in [3.8, 4) is 0 Å². The summed E-state index contributed by atoms with van der Waals surface area (Å²) in [5.41, 5.74) is 2.73. The highest BCUT2D eigenvalue weighted by Gasteiger charge is 2.28. The van der Waals surface area contributed by atoms with Gasteiger partial charge in [0.1, 0.15) is 6.04 Å². The van der Waals surface area contributed by atoms with Crippen LogP contribution in [-0.2, 0) is 20.7 Å². The fourth-order valence-electron chi connectivity index (χ4n) is 4.48. The van der Waals surface area contributed by atoms with Crippen LogP contribution in [0.1, 0.15) is 40.7 Å². The summed E-state index contributed by atoms with van der Waals surface area (Å²) in [5, 5.41) is 16.0. The number of carboxylic acids is 1. The molecular formula is C28H37N3O5S2. The number of hydrogen-bond acceptors (Lipinski definition) is 7. The van der Waals surface area contributed by atoms with Gasteiger partial charge in [-0.05, 0) is 54.5 Å². The van der Waals surface area contributed by atoms with Crippen molar-refractivity contribution >= 4 is 47.9 Å². The van der Waals surface area contributed by atoms with Crippen molar-refractivity contribution in [2.24, 2.45) is 0 Å². The number of methoxy groups -OCH3 is 1. The van der Waals surface area contributed by atoms with Crippen LogP contribution < -0.4 is 15.5 Å². The SMILES string of the molecule is COCCC(=O)N(C[C@@H]1C[C@H](S)CN1)c1ccc(Cc2ccccc2)c(C(=O)N[C@@H](CCSC)C(=O)O)c1. The lowest BCUT2D eigenvalue weighted by Crippen LogP contribution is -2.42. The molecule has 38 heavy (non-hydrogen) atoms. The molecular weight excluding hydrogens is 522 g/mol. The van der Waals surface area contributed by atoms with Crippen LogP contribution in [0.3, 0.4) is 0 Å². The van der Waals surface area contributed by atoms with E-state index in [1.165, 1.54) is 11.8 Å². The fourth-order valence-corrected chi connectivity index (χ4v) is 5.31. The number of carbonyl (C=O) groups excluding carboxylic acids is 2. The maximum Gasteiger partial charge on any atom is 0.326 e. The van der Waals surface area contributed by atoms with Crippen LogP contribution in [0.25, 0.3) is 0 Å². The quantitative estimate of drug-likeness (QED) is 0.263. The zero-order chi connectivity index (χ0) is 27.5. The first-order chi connectivity index (χ1) is 18.3. The number of hydrogen-bond donors (Lipinski definition) is 4. The van der Waals surface area contributed by atoms with Crippen LogP contribution in [0.5, 0.6) is 0 Å². The van der Waals surface area contributed by atoms with E-state index in [0.29, 0.717) is 36.4 Å². The molecule has 10 heteroatoms. The van der Waals surface area contributed by atoms with Crippen LogP contribution in [0.2, 0.25) is 0 Å². The van der Waals surface area contributed by atoms with Crippen molar-refractivity contribution in [3.63, 3.8) is 0 Å². The molecule has 3 N–H and O–H groups in total. The van der Waals surface area contributed by atoms with Gasteiger partial charge in [0, 0.05) is 42.7 Å². The van der Waals surface area contributed by atoms with Crippen LogP contribution in [0.4, 0.5) is 5.69 Å². The van der Waals surface area contributed by atoms with Gasteiger partial charge in [-0.3, -0.25) is 9.59 Å². The molecule has 3 atom stereocenters. The minimum absolute atomic E-state index is 0.0770. The number of nitrogens with one attached hydrogen (secondary N) is 2. The van der Waals surface area contributed by atoms with Gasteiger partial charge in [0.2, 0.25) is 5.91 Å². The van der Waals surface area contributed by atoms with E-state index in [0.717, 1.165) is 24.1 Å². The van der Waals surface area contributed by atoms with E-state index in [1.807, 2.05) is 48.7 Å². The molecule has 1 aliphatic heterocycles. The Kier molecular flexibility index (Phi) is 12.0. The topological polar surface area (TPSA) is 108 Å². The number of ether oxygens (including phenoxy) is 1. The summed E-state index contributed by atoms with van der Waals surface area (Å²) in [5.74, 6) is -1.04. The second-order valence-electron chi connectivity index (χ2n) is 9.39. The van der Waals surface area contributed by atoms with Gasteiger partial charge in [-0.25, -0.2) is 4.79 Å². The summed E-state index contributed by atoms with van der Waals surface area (Å²) in [4.78, 5) is 40.3. The third-order valence-corrected chi connectivity index (χ3v) is 7.56. The summed E-state index contributed by atoms with van der Waals surface area (Å²) in [6.07, 6.45) is 3.74. The largest absolute Gasteiger partial charge is 0.480 e. The predicted molar refractivity (Wildman–Crippen MR) is 156 cm³/mol. The van der Waals surface area contributed by atoms with Crippen molar-refractivity contribution < 1.29 is 24.2 Å². The number of benzene rings is 2. The van der Waals surface area contributed by atoms with E-state index in [4.69, 9.17) is 4.74 Å². The molecule has 2 amide bonds. The number of thiol groups is 1. The Hall–Kier alpha value is -2.53. The van der Waals surface area contributed by atoms with Gasteiger partial charge < -0.3 is 25.4 Å². The Morgan fingerprint density at radius 3 is 2.63 bits per heavy atom. The number of rotatable bonds is 14. The highest BCUT2D eigenvalue weighted by molar-refractivity contribution is 7.98. The van der Waals surface area contributed by atoms with Crippen LogP contribution in [0.15, 0.2) is 48.5 Å². The second-order valence-corrected chi connectivity index (χ2v) is 11.1. The van der Waals surface area contributed by atoms with Gasteiger partial charge in [-0.15, -0.1) is 0 Å². The second kappa shape index (κ2) is 15.2. The molecule has 2 aromatic rings. The van der Waals surface area contributed by atoms with E-state index in [-0.39, 0.29) is 30.2 Å². The average molecular weight is 560 g/mol. The lowest BCUT2D eigenvalue weighted by molar-refractivity contribution is -0.139. The highest BCUT2D eigenvalue weighted by atomic mass is 32.2. The molecule has 2 aromatic carbocycles. The third kappa shape index (κ3) is 8.76. The molecule has 0 radical (unpaired) electrons. The summed E-state index contributed by atoms with van der Waals surface area (Å²) >= 11 is 6.08. The van der Waals surface area contributed by atoms with E-state index in [9.17, 15) is 19.5 Å². The third-order valence-electron chi connectivity index (χ3n) is 6.52. The normalized spacial score (nSPS) is 17.7. The number of carbonyl (C=O) groups is 3. The van der Waals surface area contributed by atoms with Crippen LogP contribution in [-0.4, -0.2) is 79.0 Å². The first-order valence-corrected chi connectivity index (χ1v) is 14.6. The van der Waals surface area contributed by atoms with E-state index in [2.05, 4.69) is 23.3 Å². The zero-order valence-electron chi connectivity index (χ0n) is 21.9. The molecule has 1 heterocycles. The minimum atomic E-state index is -1.07. The monoisotopic (exact) mass is 559 g/mol. The van der Waals surface area contributed by atoms with E-state index >= 15 is 0 Å². The molecule has 0 aromatic heterocycles. The van der Waals surface area contributed by atoms with Crippen molar-refractivity contribution in [1.29, 1.82) is 0 Å². The number of nitrogens with zero attached hydrogens (tertiary/aromatic N) is 1. The molecule has 1 aliphatic rings. The van der Waals surface area contributed by atoms with Gasteiger partial charge in [-0.2, -0.15) is 24.4 Å². The summed E-state index contributed by atoms with van der Waals surface area (Å²) < 4.78 is 5.13. The molecule has 0 unspecified atom stereocenters. The molecule has 0 spiro atoms. The zero-order valence-corrected chi connectivity index (χ0v) is 23.6. The Morgan fingerprint density at radius 2 is 2.00 bits per heavy atom. The first kappa shape index (κ1) is 30.0. The van der Waals surface area contributed by atoms with Gasteiger partial charge in [-0.1, -0.05) is 36.4 Å². The van der Waals surface area contributed by atoms with Gasteiger partial charge in [0.15, 0.2) is 0 Å². The van der Waals surface area contributed by atoms with Gasteiger partial charge in [0.05, 0.1) is 13.0 Å². The lowest BCUT2D eigenvalue weighted by Gasteiger charge is -2.27.